The van der Waals surface area contributed by atoms with Gasteiger partial charge in [0.05, 0.1) is 0 Å². The Morgan fingerprint density at radius 1 is 1.08 bits per heavy atom. The summed E-state index contributed by atoms with van der Waals surface area (Å²) in [5.41, 5.74) is 2.75. The van der Waals surface area contributed by atoms with Crippen LogP contribution in [0.3, 0.4) is 0 Å². The van der Waals surface area contributed by atoms with Gasteiger partial charge in [0.25, 0.3) is 0 Å². The average Bonchev–Trinajstić information content (AvgIpc) is 3.04. The van der Waals surface area contributed by atoms with Crippen molar-refractivity contribution < 1.29 is 9.18 Å². The van der Waals surface area contributed by atoms with E-state index in [-0.39, 0.29) is 11.7 Å². The Labute approximate surface area is 143 Å². The summed E-state index contributed by atoms with van der Waals surface area (Å²) in [5.74, 6) is -0.333. The maximum Gasteiger partial charge on any atom is 0.226 e. The molecule has 1 N–H and O–H groups in total. The lowest BCUT2D eigenvalue weighted by Gasteiger charge is -2.06. The number of amides is 1. The fourth-order valence-corrected chi connectivity index (χ4v) is 3.14. The van der Waals surface area contributed by atoms with Crippen LogP contribution >= 0.6 is 11.3 Å². The quantitative estimate of drug-likeness (QED) is 0.728. The fourth-order valence-electron chi connectivity index (χ4n) is 2.34. The van der Waals surface area contributed by atoms with Crippen molar-refractivity contribution in [2.24, 2.45) is 0 Å². The lowest BCUT2D eigenvalue weighted by molar-refractivity contribution is -0.116. The Morgan fingerprint density at radius 3 is 2.50 bits per heavy atom. The molecule has 0 saturated heterocycles. The molecule has 24 heavy (non-hydrogen) atoms. The molecule has 0 aliphatic rings. The summed E-state index contributed by atoms with van der Waals surface area (Å²) in [7, 11) is 0. The zero-order valence-electron chi connectivity index (χ0n) is 13.1. The molecule has 0 atom stereocenters. The first-order valence-corrected chi connectivity index (χ1v) is 8.47. The van der Waals surface area contributed by atoms with Gasteiger partial charge in [-0.05, 0) is 29.7 Å². The molecule has 2 aromatic carbocycles. The third-order valence-corrected chi connectivity index (χ3v) is 4.33. The lowest BCUT2D eigenvalue weighted by Crippen LogP contribution is -2.10. The SMILES string of the molecule is CCCC(=O)Nc1nnc(-c2ccccc2-c2ccc(F)cc2)s1. The summed E-state index contributed by atoms with van der Waals surface area (Å²) in [5, 5.41) is 12.2. The molecule has 6 heteroatoms. The van der Waals surface area contributed by atoms with E-state index in [9.17, 15) is 9.18 Å². The molecule has 0 radical (unpaired) electrons. The number of benzene rings is 2. The van der Waals surface area contributed by atoms with Crippen LogP contribution in [-0.4, -0.2) is 16.1 Å². The first kappa shape index (κ1) is 16.3. The Bertz CT molecular complexity index is 845. The summed E-state index contributed by atoms with van der Waals surface area (Å²) in [6.07, 6.45) is 1.24. The maximum absolute atomic E-state index is 13.2. The molecule has 3 rings (SSSR count). The van der Waals surface area contributed by atoms with Crippen molar-refractivity contribution in [1.82, 2.24) is 10.2 Å². The molecular formula is C18H16FN3OS. The van der Waals surface area contributed by atoms with Gasteiger partial charge >= 0.3 is 0 Å². The second kappa shape index (κ2) is 7.31. The summed E-state index contributed by atoms with van der Waals surface area (Å²) in [6.45, 7) is 1.95. The molecule has 4 nitrogen and oxygen atoms in total. The molecular weight excluding hydrogens is 325 g/mol. The van der Waals surface area contributed by atoms with Gasteiger partial charge in [-0.2, -0.15) is 0 Å². The smallest absolute Gasteiger partial charge is 0.226 e. The van der Waals surface area contributed by atoms with Gasteiger partial charge in [0, 0.05) is 12.0 Å². The van der Waals surface area contributed by atoms with E-state index in [1.807, 2.05) is 31.2 Å². The van der Waals surface area contributed by atoms with E-state index in [1.165, 1.54) is 23.5 Å². The van der Waals surface area contributed by atoms with E-state index in [2.05, 4.69) is 15.5 Å². The van der Waals surface area contributed by atoms with E-state index in [0.717, 1.165) is 23.1 Å². The van der Waals surface area contributed by atoms with Gasteiger partial charge in [-0.25, -0.2) is 4.39 Å². The van der Waals surface area contributed by atoms with Crippen LogP contribution in [0.1, 0.15) is 19.8 Å². The van der Waals surface area contributed by atoms with Crippen LogP contribution in [0.25, 0.3) is 21.7 Å². The van der Waals surface area contributed by atoms with Crippen molar-refractivity contribution in [3.05, 3.63) is 54.3 Å². The van der Waals surface area contributed by atoms with Crippen LogP contribution in [0.15, 0.2) is 48.5 Å². The zero-order valence-corrected chi connectivity index (χ0v) is 13.9. The molecule has 122 valence electrons. The molecule has 0 bridgehead atoms. The lowest BCUT2D eigenvalue weighted by atomic mass is 10.0. The van der Waals surface area contributed by atoms with Crippen molar-refractivity contribution in [2.75, 3.05) is 5.32 Å². The van der Waals surface area contributed by atoms with E-state index >= 15 is 0 Å². The van der Waals surface area contributed by atoms with Crippen LogP contribution in [0.2, 0.25) is 0 Å². The molecule has 3 aromatic rings. The minimum atomic E-state index is -0.270. The summed E-state index contributed by atoms with van der Waals surface area (Å²) < 4.78 is 13.2. The summed E-state index contributed by atoms with van der Waals surface area (Å²) in [6, 6.07) is 14.1. The highest BCUT2D eigenvalue weighted by Crippen LogP contribution is 2.34. The van der Waals surface area contributed by atoms with Crippen molar-refractivity contribution in [2.45, 2.75) is 19.8 Å². The number of carbonyl (C=O) groups excluding carboxylic acids is 1. The topological polar surface area (TPSA) is 54.9 Å². The number of carbonyl (C=O) groups is 1. The number of anilines is 1. The van der Waals surface area contributed by atoms with E-state index in [1.54, 1.807) is 12.1 Å². The minimum absolute atomic E-state index is 0.0629. The number of hydrogen-bond donors (Lipinski definition) is 1. The van der Waals surface area contributed by atoms with Crippen molar-refractivity contribution in [3.63, 3.8) is 0 Å². The molecule has 0 aliphatic carbocycles. The highest BCUT2D eigenvalue weighted by molar-refractivity contribution is 7.18. The molecule has 1 heterocycles. The second-order valence-corrected chi connectivity index (χ2v) is 6.24. The van der Waals surface area contributed by atoms with E-state index in [0.29, 0.717) is 16.6 Å². The largest absolute Gasteiger partial charge is 0.301 e. The summed E-state index contributed by atoms with van der Waals surface area (Å²) in [4.78, 5) is 11.7. The van der Waals surface area contributed by atoms with Gasteiger partial charge in [-0.1, -0.05) is 54.7 Å². The highest BCUT2D eigenvalue weighted by Gasteiger charge is 2.13. The van der Waals surface area contributed by atoms with Gasteiger partial charge in [0.2, 0.25) is 11.0 Å². The number of aromatic nitrogens is 2. The van der Waals surface area contributed by atoms with Gasteiger partial charge in [0.15, 0.2) is 0 Å². The Hall–Kier alpha value is -2.60. The predicted octanol–water partition coefficient (Wildman–Crippen LogP) is 4.75. The van der Waals surface area contributed by atoms with Crippen LogP contribution in [0.5, 0.6) is 0 Å². The molecule has 0 fully saturated rings. The van der Waals surface area contributed by atoms with E-state index < -0.39 is 0 Å². The van der Waals surface area contributed by atoms with Gasteiger partial charge in [-0.15, -0.1) is 10.2 Å². The third kappa shape index (κ3) is 3.65. The van der Waals surface area contributed by atoms with Gasteiger partial charge in [0.1, 0.15) is 10.8 Å². The van der Waals surface area contributed by atoms with Crippen molar-refractivity contribution in [3.8, 4) is 21.7 Å². The zero-order chi connectivity index (χ0) is 16.9. The Morgan fingerprint density at radius 2 is 1.79 bits per heavy atom. The molecule has 1 amide bonds. The van der Waals surface area contributed by atoms with Crippen LogP contribution < -0.4 is 5.32 Å². The van der Waals surface area contributed by atoms with Gasteiger partial charge < -0.3 is 5.32 Å². The van der Waals surface area contributed by atoms with Crippen molar-refractivity contribution >= 4 is 22.4 Å². The number of rotatable bonds is 5. The first-order chi connectivity index (χ1) is 11.7. The average molecular weight is 341 g/mol. The van der Waals surface area contributed by atoms with E-state index in [4.69, 9.17) is 0 Å². The Balaban J connectivity index is 1.92. The number of hydrogen-bond acceptors (Lipinski definition) is 4. The standard InChI is InChI=1S/C18H16FN3OS/c1-2-5-16(23)20-18-22-21-17(24-18)15-7-4-3-6-14(15)12-8-10-13(19)11-9-12/h3-4,6-11H,2,5H2,1H3,(H,20,22,23). The maximum atomic E-state index is 13.2. The molecule has 0 saturated carbocycles. The monoisotopic (exact) mass is 341 g/mol. The fraction of sp³-hybridized carbons (Fsp3) is 0.167. The molecule has 0 aliphatic heterocycles. The molecule has 1 aromatic heterocycles. The van der Waals surface area contributed by atoms with Crippen LogP contribution in [0.4, 0.5) is 9.52 Å². The van der Waals surface area contributed by atoms with Crippen LogP contribution in [0, 0.1) is 5.82 Å². The summed E-state index contributed by atoms with van der Waals surface area (Å²) >= 11 is 1.32. The molecule has 0 unspecified atom stereocenters. The Kier molecular flexibility index (Phi) is 4.96. The van der Waals surface area contributed by atoms with Crippen molar-refractivity contribution in [1.29, 1.82) is 0 Å². The predicted molar refractivity (Wildman–Crippen MR) is 94.3 cm³/mol. The number of nitrogens with one attached hydrogen (secondary N) is 1. The number of nitrogens with zero attached hydrogens (tertiary/aromatic N) is 2. The first-order valence-electron chi connectivity index (χ1n) is 7.66. The highest BCUT2D eigenvalue weighted by atomic mass is 32.1. The normalized spacial score (nSPS) is 10.6. The third-order valence-electron chi connectivity index (χ3n) is 3.46. The van der Waals surface area contributed by atoms with Crippen LogP contribution in [-0.2, 0) is 4.79 Å². The molecule has 0 spiro atoms. The number of halogens is 1. The van der Waals surface area contributed by atoms with Gasteiger partial charge in [-0.3, -0.25) is 4.79 Å². The second-order valence-electron chi connectivity index (χ2n) is 5.26. The minimum Gasteiger partial charge on any atom is -0.301 e.